The van der Waals surface area contributed by atoms with Crippen molar-refractivity contribution in [1.29, 1.82) is 0 Å². The van der Waals surface area contributed by atoms with Crippen LogP contribution in [0.15, 0.2) is 4.99 Å². The maximum atomic E-state index is 12.6. The van der Waals surface area contributed by atoms with Crippen LogP contribution in [0.4, 0.5) is 13.2 Å². The monoisotopic (exact) mass is 322 g/mol. The Bertz CT molecular complexity index is 442. The highest BCUT2D eigenvalue weighted by Gasteiger charge is 2.45. The molecule has 1 amide bonds. The summed E-state index contributed by atoms with van der Waals surface area (Å²) in [7, 11) is 0. The van der Waals surface area contributed by atoms with E-state index in [9.17, 15) is 18.0 Å². The molecule has 0 aromatic rings. The van der Waals surface area contributed by atoms with Crippen LogP contribution in [0.1, 0.15) is 46.5 Å². The minimum absolute atomic E-state index is 0.0165. The SMILES string of the molecule is CC(C)[C@@]1(C)SC(N[C@H]2CC[C@H](C(F)(F)F)CC2)=NC1=O. The number of halogens is 3. The number of nitrogens with one attached hydrogen (secondary N) is 1. The molecule has 7 heteroatoms. The number of hydrogen-bond acceptors (Lipinski definition) is 3. The van der Waals surface area contributed by atoms with Gasteiger partial charge < -0.3 is 5.32 Å². The van der Waals surface area contributed by atoms with Gasteiger partial charge in [-0.2, -0.15) is 18.2 Å². The second-order valence-electron chi connectivity index (χ2n) is 6.32. The van der Waals surface area contributed by atoms with Crippen molar-refractivity contribution in [3.63, 3.8) is 0 Å². The van der Waals surface area contributed by atoms with E-state index < -0.39 is 16.8 Å². The molecule has 1 fully saturated rings. The minimum Gasteiger partial charge on any atom is -0.362 e. The van der Waals surface area contributed by atoms with Crippen molar-refractivity contribution in [2.24, 2.45) is 16.8 Å². The number of amides is 1. The normalized spacial score (nSPS) is 34.2. The lowest BCUT2D eigenvalue weighted by Gasteiger charge is -2.31. The lowest BCUT2D eigenvalue weighted by Crippen LogP contribution is -2.39. The molecule has 1 N–H and O–H groups in total. The highest BCUT2D eigenvalue weighted by Crippen LogP contribution is 2.41. The Morgan fingerprint density at radius 1 is 1.29 bits per heavy atom. The zero-order valence-electron chi connectivity index (χ0n) is 12.5. The zero-order valence-corrected chi connectivity index (χ0v) is 13.3. The van der Waals surface area contributed by atoms with Gasteiger partial charge in [-0.25, -0.2) is 0 Å². The first-order valence-corrected chi connectivity index (χ1v) is 8.10. The van der Waals surface area contributed by atoms with Crippen LogP contribution in [-0.2, 0) is 4.79 Å². The van der Waals surface area contributed by atoms with E-state index in [1.54, 1.807) is 0 Å². The number of nitrogens with zero attached hydrogens (tertiary/aromatic N) is 1. The molecule has 0 radical (unpaired) electrons. The first kappa shape index (κ1) is 16.6. The molecule has 0 bridgehead atoms. The quantitative estimate of drug-likeness (QED) is 0.842. The standard InChI is InChI=1S/C14H21F3N2OS/c1-8(2)13(3)11(20)19-12(21-13)18-10-6-4-9(5-7-10)14(15,16)17/h8-10H,4-7H2,1-3H3,(H,18,19,20)/t9-,10-,13-/m1/s1. The molecule has 3 nitrogen and oxygen atoms in total. The Kier molecular flexibility index (Phi) is 4.61. The van der Waals surface area contributed by atoms with Gasteiger partial charge in [0.2, 0.25) is 0 Å². The largest absolute Gasteiger partial charge is 0.391 e. The minimum atomic E-state index is -4.09. The average molecular weight is 322 g/mol. The molecule has 1 aliphatic heterocycles. The van der Waals surface area contributed by atoms with Gasteiger partial charge in [0.1, 0.15) is 4.75 Å². The molecule has 1 atom stereocenters. The van der Waals surface area contributed by atoms with Crippen LogP contribution in [0.3, 0.4) is 0 Å². The van der Waals surface area contributed by atoms with E-state index in [0.717, 1.165) is 0 Å². The van der Waals surface area contributed by atoms with Crippen LogP contribution >= 0.6 is 11.8 Å². The number of rotatable bonds is 2. The maximum absolute atomic E-state index is 12.6. The molecule has 2 rings (SSSR count). The van der Waals surface area contributed by atoms with Gasteiger partial charge in [0.05, 0.1) is 5.92 Å². The average Bonchev–Trinajstić information content (AvgIpc) is 2.65. The predicted molar refractivity (Wildman–Crippen MR) is 78.2 cm³/mol. The summed E-state index contributed by atoms with van der Waals surface area (Å²) >= 11 is 1.40. The molecule has 0 aromatic carbocycles. The molecule has 1 heterocycles. The van der Waals surface area contributed by atoms with Crippen molar-refractivity contribution in [1.82, 2.24) is 5.32 Å². The topological polar surface area (TPSA) is 41.5 Å². The molecule has 0 saturated heterocycles. The Hall–Kier alpha value is -0.720. The summed E-state index contributed by atoms with van der Waals surface area (Å²) in [5, 5.41) is 3.72. The summed E-state index contributed by atoms with van der Waals surface area (Å²) < 4.78 is 37.3. The molecule has 1 aliphatic carbocycles. The Balaban J connectivity index is 1.88. The third-order valence-electron chi connectivity index (χ3n) is 4.56. The van der Waals surface area contributed by atoms with Crippen LogP contribution in [0.2, 0.25) is 0 Å². The van der Waals surface area contributed by atoms with E-state index in [1.165, 1.54) is 11.8 Å². The van der Waals surface area contributed by atoms with Gasteiger partial charge in [-0.3, -0.25) is 4.79 Å². The number of carbonyl (C=O) groups excluding carboxylic acids is 1. The summed E-state index contributed by atoms with van der Waals surface area (Å²) in [6.07, 6.45) is -2.85. The van der Waals surface area contributed by atoms with Gasteiger partial charge in [-0.1, -0.05) is 25.6 Å². The Morgan fingerprint density at radius 3 is 2.29 bits per heavy atom. The second-order valence-corrected chi connectivity index (χ2v) is 7.76. The summed E-state index contributed by atoms with van der Waals surface area (Å²) in [6.45, 7) is 5.80. The zero-order chi connectivity index (χ0) is 15.8. The van der Waals surface area contributed by atoms with Crippen molar-refractivity contribution in [3.05, 3.63) is 0 Å². The number of hydrogen-bond donors (Lipinski definition) is 1. The first-order valence-electron chi connectivity index (χ1n) is 7.28. The van der Waals surface area contributed by atoms with Crippen molar-refractivity contribution in [2.45, 2.75) is 63.4 Å². The van der Waals surface area contributed by atoms with Crippen LogP contribution < -0.4 is 5.32 Å². The van der Waals surface area contributed by atoms with Crippen LogP contribution in [0.5, 0.6) is 0 Å². The molecule has 0 unspecified atom stereocenters. The lowest BCUT2D eigenvalue weighted by atomic mass is 9.86. The molecule has 21 heavy (non-hydrogen) atoms. The maximum Gasteiger partial charge on any atom is 0.391 e. The van der Waals surface area contributed by atoms with Gasteiger partial charge in [-0.05, 0) is 38.5 Å². The fourth-order valence-corrected chi connectivity index (χ4v) is 3.76. The van der Waals surface area contributed by atoms with Crippen molar-refractivity contribution < 1.29 is 18.0 Å². The van der Waals surface area contributed by atoms with E-state index in [0.29, 0.717) is 18.0 Å². The molecule has 2 aliphatic rings. The van der Waals surface area contributed by atoms with Gasteiger partial charge in [-0.15, -0.1) is 0 Å². The fraction of sp³-hybridized carbons (Fsp3) is 0.857. The Labute approximate surface area is 127 Å². The highest BCUT2D eigenvalue weighted by atomic mass is 32.2. The van der Waals surface area contributed by atoms with Crippen LogP contribution in [0, 0.1) is 11.8 Å². The molecular weight excluding hydrogens is 301 g/mol. The smallest absolute Gasteiger partial charge is 0.362 e. The highest BCUT2D eigenvalue weighted by molar-refractivity contribution is 8.16. The van der Waals surface area contributed by atoms with Gasteiger partial charge in [0.25, 0.3) is 5.91 Å². The molecule has 1 saturated carbocycles. The fourth-order valence-electron chi connectivity index (χ4n) is 2.64. The molecule has 0 spiro atoms. The summed E-state index contributed by atoms with van der Waals surface area (Å²) in [6, 6.07) is -0.0165. The Morgan fingerprint density at radius 2 is 1.86 bits per heavy atom. The summed E-state index contributed by atoms with van der Waals surface area (Å²) in [5.74, 6) is -1.19. The van der Waals surface area contributed by atoms with Crippen molar-refractivity contribution in [2.75, 3.05) is 0 Å². The van der Waals surface area contributed by atoms with Gasteiger partial charge >= 0.3 is 6.18 Å². The first-order chi connectivity index (χ1) is 9.63. The third kappa shape index (κ3) is 3.55. The van der Waals surface area contributed by atoms with E-state index >= 15 is 0 Å². The van der Waals surface area contributed by atoms with Crippen LogP contribution in [0.25, 0.3) is 0 Å². The molecular formula is C14H21F3N2OS. The predicted octanol–water partition coefficient (Wildman–Crippen LogP) is 3.74. The van der Waals surface area contributed by atoms with E-state index in [4.69, 9.17) is 0 Å². The van der Waals surface area contributed by atoms with Crippen molar-refractivity contribution >= 4 is 22.8 Å². The number of alkyl halides is 3. The summed E-state index contributed by atoms with van der Waals surface area (Å²) in [5.41, 5.74) is 0. The lowest BCUT2D eigenvalue weighted by molar-refractivity contribution is -0.182. The second kappa shape index (κ2) is 5.82. The third-order valence-corrected chi connectivity index (χ3v) is 6.03. The number of aliphatic imine (C=N–C) groups is 1. The van der Waals surface area contributed by atoms with E-state index in [-0.39, 0.29) is 30.7 Å². The molecule has 0 aromatic heterocycles. The molecule has 120 valence electrons. The van der Waals surface area contributed by atoms with Gasteiger partial charge in [0.15, 0.2) is 5.17 Å². The van der Waals surface area contributed by atoms with Crippen LogP contribution in [-0.4, -0.2) is 28.0 Å². The van der Waals surface area contributed by atoms with Crippen molar-refractivity contribution in [3.8, 4) is 0 Å². The number of carbonyl (C=O) groups is 1. The number of amidine groups is 1. The van der Waals surface area contributed by atoms with E-state index in [1.807, 2.05) is 20.8 Å². The van der Waals surface area contributed by atoms with Gasteiger partial charge in [0, 0.05) is 6.04 Å². The van der Waals surface area contributed by atoms with E-state index in [2.05, 4.69) is 10.3 Å². The summed E-state index contributed by atoms with van der Waals surface area (Å²) in [4.78, 5) is 16.0. The number of thioether (sulfide) groups is 1.